The van der Waals surface area contributed by atoms with E-state index in [1.54, 1.807) is 17.9 Å². The molecule has 2 heterocycles. The van der Waals surface area contributed by atoms with E-state index < -0.39 is 0 Å². The first kappa shape index (κ1) is 16.0. The molecule has 124 valence electrons. The van der Waals surface area contributed by atoms with Crippen LogP contribution in [0.1, 0.15) is 21.6 Å². The molecular formula is C18H19N3O3. The van der Waals surface area contributed by atoms with E-state index in [4.69, 9.17) is 9.47 Å². The van der Waals surface area contributed by atoms with Gasteiger partial charge < -0.3 is 9.47 Å². The van der Waals surface area contributed by atoms with E-state index in [9.17, 15) is 4.79 Å². The summed E-state index contributed by atoms with van der Waals surface area (Å²) in [5, 5.41) is 5.16. The zero-order valence-electron chi connectivity index (χ0n) is 13.9. The van der Waals surface area contributed by atoms with Gasteiger partial charge in [-0.1, -0.05) is 12.1 Å². The Hall–Kier alpha value is -2.89. The van der Waals surface area contributed by atoms with Crippen molar-refractivity contribution < 1.29 is 14.3 Å². The van der Waals surface area contributed by atoms with E-state index in [-0.39, 0.29) is 5.97 Å². The Morgan fingerprint density at radius 3 is 2.71 bits per heavy atom. The molecule has 0 aliphatic carbocycles. The van der Waals surface area contributed by atoms with Gasteiger partial charge in [-0.2, -0.15) is 5.10 Å². The van der Waals surface area contributed by atoms with Gasteiger partial charge in [-0.05, 0) is 30.7 Å². The Labute approximate surface area is 140 Å². The minimum Gasteiger partial charge on any atom is -0.497 e. The average molecular weight is 325 g/mol. The maximum Gasteiger partial charge on any atom is 0.339 e. The van der Waals surface area contributed by atoms with E-state index >= 15 is 0 Å². The fraction of sp³-hybridized carbons (Fsp3) is 0.278. The highest BCUT2D eigenvalue weighted by molar-refractivity contribution is 5.93. The van der Waals surface area contributed by atoms with Gasteiger partial charge in [0.05, 0.1) is 25.0 Å². The first-order valence-corrected chi connectivity index (χ1v) is 7.68. The molecule has 0 spiro atoms. The summed E-state index contributed by atoms with van der Waals surface area (Å²) in [5.74, 6) is 0.433. The largest absolute Gasteiger partial charge is 0.497 e. The minimum absolute atomic E-state index is 0.315. The number of esters is 1. The van der Waals surface area contributed by atoms with Crippen molar-refractivity contribution in [2.24, 2.45) is 7.05 Å². The zero-order valence-corrected chi connectivity index (χ0v) is 13.9. The molecule has 6 nitrogen and oxygen atoms in total. The molecule has 0 amide bonds. The van der Waals surface area contributed by atoms with Crippen LogP contribution in [0.3, 0.4) is 0 Å². The highest BCUT2D eigenvalue weighted by Gasteiger charge is 2.12. The number of aromatic nitrogens is 3. The van der Waals surface area contributed by atoms with E-state index in [1.807, 2.05) is 38.2 Å². The summed E-state index contributed by atoms with van der Waals surface area (Å²) in [5.41, 5.74) is 3.11. The van der Waals surface area contributed by atoms with Gasteiger partial charge in [0, 0.05) is 25.1 Å². The molecule has 2 aromatic heterocycles. The van der Waals surface area contributed by atoms with Crippen LogP contribution >= 0.6 is 0 Å². The monoisotopic (exact) mass is 325 g/mol. The zero-order chi connectivity index (χ0) is 17.1. The second kappa shape index (κ2) is 6.70. The molecule has 0 bridgehead atoms. The Morgan fingerprint density at radius 1 is 1.25 bits per heavy atom. The maximum atomic E-state index is 12.2. The molecular weight excluding hydrogens is 306 g/mol. The first-order chi connectivity index (χ1) is 11.6. The van der Waals surface area contributed by atoms with E-state index in [2.05, 4.69) is 10.1 Å². The summed E-state index contributed by atoms with van der Waals surface area (Å²) in [6.45, 7) is 2.21. The molecule has 0 aliphatic rings. The van der Waals surface area contributed by atoms with E-state index in [1.165, 1.54) is 6.20 Å². The van der Waals surface area contributed by atoms with Crippen LogP contribution in [0.25, 0.3) is 11.0 Å². The average Bonchev–Trinajstić information content (AvgIpc) is 2.89. The maximum absolute atomic E-state index is 12.2. The number of pyridine rings is 1. The quantitative estimate of drug-likeness (QED) is 0.675. The van der Waals surface area contributed by atoms with Gasteiger partial charge in [-0.15, -0.1) is 0 Å². The fourth-order valence-corrected chi connectivity index (χ4v) is 2.56. The van der Waals surface area contributed by atoms with Gasteiger partial charge in [0.15, 0.2) is 5.65 Å². The number of carbonyl (C=O) groups excluding carboxylic acids is 1. The van der Waals surface area contributed by atoms with Crippen LogP contribution in [0.15, 0.2) is 36.5 Å². The summed E-state index contributed by atoms with van der Waals surface area (Å²) < 4.78 is 12.2. The molecule has 0 N–H and O–H groups in total. The number of benzene rings is 1. The number of ether oxygens (including phenoxy) is 2. The van der Waals surface area contributed by atoms with Crippen LogP contribution in [0, 0.1) is 6.92 Å². The predicted octanol–water partition coefficient (Wildman–Crippen LogP) is 2.68. The normalized spacial score (nSPS) is 10.8. The van der Waals surface area contributed by atoms with Crippen LogP contribution in [-0.2, 0) is 18.2 Å². The van der Waals surface area contributed by atoms with Gasteiger partial charge in [-0.25, -0.2) is 9.78 Å². The molecule has 24 heavy (non-hydrogen) atoms. The number of carbonyl (C=O) groups is 1. The Kier molecular flexibility index (Phi) is 4.46. The van der Waals surface area contributed by atoms with Crippen molar-refractivity contribution >= 4 is 17.0 Å². The molecule has 0 radical (unpaired) electrons. The summed E-state index contributed by atoms with van der Waals surface area (Å²) in [6.07, 6.45) is 2.18. The molecule has 0 aliphatic heterocycles. The molecule has 0 unspecified atom stereocenters. The van der Waals surface area contributed by atoms with Gasteiger partial charge >= 0.3 is 5.97 Å². The first-order valence-electron chi connectivity index (χ1n) is 7.68. The number of hydrogen-bond acceptors (Lipinski definition) is 5. The third-order valence-corrected chi connectivity index (χ3v) is 3.88. The molecule has 0 saturated carbocycles. The van der Waals surface area contributed by atoms with E-state index in [0.29, 0.717) is 18.6 Å². The van der Waals surface area contributed by atoms with E-state index in [0.717, 1.165) is 28.0 Å². The smallest absolute Gasteiger partial charge is 0.339 e. The lowest BCUT2D eigenvalue weighted by molar-refractivity contribution is 0.0509. The lowest BCUT2D eigenvalue weighted by atomic mass is 10.1. The molecule has 0 saturated heterocycles. The summed E-state index contributed by atoms with van der Waals surface area (Å²) in [6, 6.07) is 9.47. The SMILES string of the molecule is COc1ccc(CCOC(=O)c2cnc3c(c2)c(C)nn3C)cc1. The molecule has 1 aromatic carbocycles. The Morgan fingerprint density at radius 2 is 2.00 bits per heavy atom. The Bertz CT molecular complexity index is 869. The van der Waals surface area contributed by atoms with Crippen molar-refractivity contribution in [1.82, 2.24) is 14.8 Å². The number of aryl methyl sites for hydroxylation is 2. The lowest BCUT2D eigenvalue weighted by Gasteiger charge is -2.06. The van der Waals surface area contributed by atoms with Crippen molar-refractivity contribution in [3.63, 3.8) is 0 Å². The molecule has 3 aromatic rings. The highest BCUT2D eigenvalue weighted by Crippen LogP contribution is 2.17. The topological polar surface area (TPSA) is 66.2 Å². The second-order valence-electron chi connectivity index (χ2n) is 5.54. The van der Waals surface area contributed by atoms with Crippen LogP contribution in [0.2, 0.25) is 0 Å². The molecule has 0 atom stereocenters. The third kappa shape index (κ3) is 3.22. The number of hydrogen-bond donors (Lipinski definition) is 0. The number of methoxy groups -OCH3 is 1. The van der Waals surface area contributed by atoms with Gasteiger partial charge in [0.25, 0.3) is 0 Å². The van der Waals surface area contributed by atoms with Crippen molar-refractivity contribution in [3.05, 3.63) is 53.3 Å². The van der Waals surface area contributed by atoms with Gasteiger partial charge in [0.2, 0.25) is 0 Å². The highest BCUT2D eigenvalue weighted by atomic mass is 16.5. The van der Waals surface area contributed by atoms with Crippen LogP contribution in [0.4, 0.5) is 0 Å². The summed E-state index contributed by atoms with van der Waals surface area (Å²) in [4.78, 5) is 16.5. The van der Waals surface area contributed by atoms with Crippen LogP contribution < -0.4 is 4.74 Å². The predicted molar refractivity (Wildman–Crippen MR) is 90.2 cm³/mol. The van der Waals surface area contributed by atoms with Crippen molar-refractivity contribution in [2.45, 2.75) is 13.3 Å². The number of fused-ring (bicyclic) bond motifs is 1. The van der Waals surface area contributed by atoms with Crippen LogP contribution in [0.5, 0.6) is 5.75 Å². The van der Waals surface area contributed by atoms with Crippen LogP contribution in [-0.4, -0.2) is 34.5 Å². The summed E-state index contributed by atoms with van der Waals surface area (Å²) in [7, 11) is 3.46. The van der Waals surface area contributed by atoms with Crippen molar-refractivity contribution in [2.75, 3.05) is 13.7 Å². The van der Waals surface area contributed by atoms with Gasteiger partial charge in [0.1, 0.15) is 5.75 Å². The fourth-order valence-electron chi connectivity index (χ4n) is 2.56. The molecule has 6 heteroatoms. The number of rotatable bonds is 5. The van der Waals surface area contributed by atoms with Crippen molar-refractivity contribution in [1.29, 1.82) is 0 Å². The lowest BCUT2D eigenvalue weighted by Crippen LogP contribution is -2.08. The number of nitrogens with zero attached hydrogens (tertiary/aromatic N) is 3. The van der Waals surface area contributed by atoms with Gasteiger partial charge in [-0.3, -0.25) is 4.68 Å². The second-order valence-corrected chi connectivity index (χ2v) is 5.54. The van der Waals surface area contributed by atoms with Crippen molar-refractivity contribution in [3.8, 4) is 5.75 Å². The summed E-state index contributed by atoms with van der Waals surface area (Å²) >= 11 is 0. The standard InChI is InChI=1S/C18H19N3O3/c1-12-16-10-14(11-19-17(16)21(2)20-12)18(22)24-9-8-13-4-6-15(23-3)7-5-13/h4-7,10-11H,8-9H2,1-3H3. The Balaban J connectivity index is 1.63. The minimum atomic E-state index is -0.374. The molecule has 0 fully saturated rings. The molecule has 3 rings (SSSR count). The third-order valence-electron chi connectivity index (χ3n) is 3.88.